The molecule has 2 aromatic rings. The fourth-order valence-corrected chi connectivity index (χ4v) is 1.88. The van der Waals surface area contributed by atoms with Gasteiger partial charge in [0.2, 0.25) is 11.8 Å². The van der Waals surface area contributed by atoms with E-state index in [4.69, 9.17) is 9.52 Å². The fourth-order valence-electron chi connectivity index (χ4n) is 1.88. The maximum Gasteiger partial charge on any atom is 0.303 e. The van der Waals surface area contributed by atoms with Crippen LogP contribution in [0.3, 0.4) is 0 Å². The number of carboxylic acids is 1. The number of benzene rings is 1. The van der Waals surface area contributed by atoms with Crippen molar-refractivity contribution in [1.82, 2.24) is 10.2 Å². The van der Waals surface area contributed by atoms with E-state index in [-0.39, 0.29) is 12.3 Å². The first-order chi connectivity index (χ1) is 9.13. The second-order valence-corrected chi connectivity index (χ2v) is 4.66. The van der Waals surface area contributed by atoms with Gasteiger partial charge in [0.05, 0.1) is 6.42 Å². The average Bonchev–Trinajstić information content (AvgIpc) is 2.76. The van der Waals surface area contributed by atoms with Crippen LogP contribution in [0.25, 0.3) is 0 Å². The molecule has 0 aliphatic carbocycles. The summed E-state index contributed by atoms with van der Waals surface area (Å²) in [5, 5.41) is 16.6. The third kappa shape index (κ3) is 4.21. The number of aromatic nitrogens is 2. The van der Waals surface area contributed by atoms with Crippen molar-refractivity contribution in [2.24, 2.45) is 5.92 Å². The van der Waals surface area contributed by atoms with E-state index in [1.165, 1.54) is 0 Å². The molecule has 19 heavy (non-hydrogen) atoms. The number of hydrogen-bond acceptors (Lipinski definition) is 4. The van der Waals surface area contributed by atoms with Gasteiger partial charge in [0.15, 0.2) is 0 Å². The third-order valence-electron chi connectivity index (χ3n) is 2.75. The average molecular weight is 260 g/mol. The summed E-state index contributed by atoms with van der Waals surface area (Å²) < 4.78 is 5.52. The largest absolute Gasteiger partial charge is 0.481 e. The summed E-state index contributed by atoms with van der Waals surface area (Å²) in [4.78, 5) is 10.6. The number of carbonyl (C=O) groups is 1. The van der Waals surface area contributed by atoms with Gasteiger partial charge in [0, 0.05) is 12.8 Å². The summed E-state index contributed by atoms with van der Waals surface area (Å²) in [6.07, 6.45) is 1.20. The van der Waals surface area contributed by atoms with Gasteiger partial charge in [-0.25, -0.2) is 0 Å². The molecule has 1 N–H and O–H groups in total. The second-order valence-electron chi connectivity index (χ2n) is 4.66. The Morgan fingerprint density at radius 2 is 1.95 bits per heavy atom. The molecule has 1 heterocycles. The number of aliphatic carboxylic acids is 1. The van der Waals surface area contributed by atoms with E-state index < -0.39 is 5.97 Å². The molecule has 2 rings (SSSR count). The molecule has 100 valence electrons. The normalized spacial score (nSPS) is 12.3. The lowest BCUT2D eigenvalue weighted by Crippen LogP contribution is -2.07. The molecule has 0 saturated heterocycles. The predicted octanol–water partition coefficient (Wildman–Crippen LogP) is 2.31. The van der Waals surface area contributed by atoms with Crippen LogP contribution < -0.4 is 0 Å². The molecule has 0 amide bonds. The zero-order valence-electron chi connectivity index (χ0n) is 10.7. The summed E-state index contributed by atoms with van der Waals surface area (Å²) in [6.45, 7) is 1.86. The van der Waals surface area contributed by atoms with Crippen molar-refractivity contribution in [2.75, 3.05) is 0 Å². The molecule has 0 bridgehead atoms. The van der Waals surface area contributed by atoms with Crippen LogP contribution in [0.15, 0.2) is 34.7 Å². The van der Waals surface area contributed by atoms with Gasteiger partial charge in [-0.15, -0.1) is 10.2 Å². The highest BCUT2D eigenvalue weighted by Gasteiger charge is 2.13. The Kier molecular flexibility index (Phi) is 4.28. The monoisotopic (exact) mass is 260 g/mol. The highest BCUT2D eigenvalue weighted by Crippen LogP contribution is 2.13. The third-order valence-corrected chi connectivity index (χ3v) is 2.75. The zero-order valence-corrected chi connectivity index (χ0v) is 10.7. The maximum absolute atomic E-state index is 10.6. The Bertz CT molecular complexity index is 537. The number of carboxylic acid groups (broad SMARTS) is 1. The molecule has 0 aliphatic rings. The summed E-state index contributed by atoms with van der Waals surface area (Å²) in [6, 6.07) is 9.87. The second kappa shape index (κ2) is 6.13. The number of nitrogens with zero attached hydrogens (tertiary/aromatic N) is 2. The van der Waals surface area contributed by atoms with E-state index in [0.717, 1.165) is 5.56 Å². The molecule has 0 aliphatic heterocycles. The first-order valence-electron chi connectivity index (χ1n) is 6.20. The van der Waals surface area contributed by atoms with Crippen LogP contribution in [0, 0.1) is 5.92 Å². The molecule has 1 aromatic carbocycles. The lowest BCUT2D eigenvalue weighted by Gasteiger charge is -2.03. The van der Waals surface area contributed by atoms with Crippen LogP contribution in [0.2, 0.25) is 0 Å². The molecule has 5 nitrogen and oxygen atoms in total. The van der Waals surface area contributed by atoms with E-state index in [2.05, 4.69) is 10.2 Å². The molecule has 0 radical (unpaired) electrons. The highest BCUT2D eigenvalue weighted by atomic mass is 16.4. The molecule has 0 fully saturated rings. The molecule has 0 saturated carbocycles. The van der Waals surface area contributed by atoms with Gasteiger partial charge in [0.1, 0.15) is 0 Å². The molecule has 1 unspecified atom stereocenters. The van der Waals surface area contributed by atoms with Crippen molar-refractivity contribution < 1.29 is 14.3 Å². The van der Waals surface area contributed by atoms with Crippen LogP contribution in [-0.4, -0.2) is 21.3 Å². The van der Waals surface area contributed by atoms with Gasteiger partial charge in [-0.05, 0) is 11.5 Å². The lowest BCUT2D eigenvalue weighted by atomic mass is 10.0. The van der Waals surface area contributed by atoms with Gasteiger partial charge in [-0.2, -0.15) is 0 Å². The predicted molar refractivity (Wildman–Crippen MR) is 68.7 cm³/mol. The molecule has 1 atom stereocenters. The molecular weight excluding hydrogens is 244 g/mol. The van der Waals surface area contributed by atoms with Gasteiger partial charge >= 0.3 is 5.97 Å². The zero-order chi connectivity index (χ0) is 13.7. The molecule has 5 heteroatoms. The van der Waals surface area contributed by atoms with Crippen LogP contribution in [0.4, 0.5) is 0 Å². The minimum atomic E-state index is -0.809. The van der Waals surface area contributed by atoms with Crippen molar-refractivity contribution in [2.45, 2.75) is 26.2 Å². The van der Waals surface area contributed by atoms with E-state index in [1.54, 1.807) is 0 Å². The number of rotatable bonds is 6. The van der Waals surface area contributed by atoms with Crippen LogP contribution in [-0.2, 0) is 17.6 Å². The van der Waals surface area contributed by atoms with Crippen molar-refractivity contribution >= 4 is 5.97 Å². The number of hydrogen-bond donors (Lipinski definition) is 1. The molecule has 0 spiro atoms. The van der Waals surface area contributed by atoms with Crippen LogP contribution in [0.5, 0.6) is 0 Å². The first-order valence-corrected chi connectivity index (χ1v) is 6.20. The van der Waals surface area contributed by atoms with Crippen LogP contribution >= 0.6 is 0 Å². The Balaban J connectivity index is 1.94. The van der Waals surface area contributed by atoms with E-state index in [1.807, 2.05) is 37.3 Å². The molecule has 1 aromatic heterocycles. The summed E-state index contributed by atoms with van der Waals surface area (Å²) >= 11 is 0. The molecular formula is C14H16N2O3. The van der Waals surface area contributed by atoms with Crippen molar-refractivity contribution in [3.05, 3.63) is 47.7 Å². The fraction of sp³-hybridized carbons (Fsp3) is 0.357. The smallest absolute Gasteiger partial charge is 0.303 e. The van der Waals surface area contributed by atoms with Crippen molar-refractivity contribution in [1.29, 1.82) is 0 Å². The van der Waals surface area contributed by atoms with Gasteiger partial charge in [-0.3, -0.25) is 4.79 Å². The SMILES string of the molecule is CC(CC(=O)O)Cc1nnc(Cc2ccccc2)o1. The van der Waals surface area contributed by atoms with E-state index in [0.29, 0.717) is 24.6 Å². The Morgan fingerprint density at radius 3 is 2.63 bits per heavy atom. The Labute approximate surface area is 111 Å². The standard InChI is InChI=1S/C14H16N2O3/c1-10(8-14(17)18)7-12-15-16-13(19-12)9-11-5-3-2-4-6-11/h2-6,10H,7-9H2,1H3,(H,17,18). The van der Waals surface area contributed by atoms with Crippen molar-refractivity contribution in [3.63, 3.8) is 0 Å². The summed E-state index contributed by atoms with van der Waals surface area (Å²) in [7, 11) is 0. The Hall–Kier alpha value is -2.17. The minimum Gasteiger partial charge on any atom is -0.481 e. The van der Waals surface area contributed by atoms with Gasteiger partial charge in [0.25, 0.3) is 0 Å². The van der Waals surface area contributed by atoms with Gasteiger partial charge in [-0.1, -0.05) is 37.3 Å². The lowest BCUT2D eigenvalue weighted by molar-refractivity contribution is -0.137. The Morgan fingerprint density at radius 1 is 1.26 bits per heavy atom. The van der Waals surface area contributed by atoms with E-state index in [9.17, 15) is 4.79 Å². The highest BCUT2D eigenvalue weighted by molar-refractivity contribution is 5.66. The van der Waals surface area contributed by atoms with Gasteiger partial charge < -0.3 is 9.52 Å². The first kappa shape index (κ1) is 13.3. The van der Waals surface area contributed by atoms with E-state index >= 15 is 0 Å². The quantitative estimate of drug-likeness (QED) is 0.862. The minimum absolute atomic E-state index is 0.0116. The topological polar surface area (TPSA) is 76.2 Å². The van der Waals surface area contributed by atoms with Crippen LogP contribution in [0.1, 0.15) is 30.7 Å². The van der Waals surface area contributed by atoms with Crippen molar-refractivity contribution in [3.8, 4) is 0 Å². The summed E-state index contributed by atoms with van der Waals surface area (Å²) in [5.74, 6) is 0.238. The maximum atomic E-state index is 10.6. The summed E-state index contributed by atoms with van der Waals surface area (Å²) in [5.41, 5.74) is 1.11.